The molecule has 1 amide bonds. The van der Waals surface area contributed by atoms with Crippen LogP contribution in [0.5, 0.6) is 0 Å². The van der Waals surface area contributed by atoms with Gasteiger partial charge in [-0.2, -0.15) is 0 Å². The number of amides is 1. The van der Waals surface area contributed by atoms with Gasteiger partial charge in [0.2, 0.25) is 0 Å². The van der Waals surface area contributed by atoms with Crippen LogP contribution in [0.2, 0.25) is 0 Å². The van der Waals surface area contributed by atoms with Crippen LogP contribution in [0.4, 0.5) is 0 Å². The largest absolute Gasteiger partial charge is 0.394 e. The highest BCUT2D eigenvalue weighted by Gasteiger charge is 2.43. The van der Waals surface area contributed by atoms with E-state index in [1.807, 2.05) is 30.3 Å². The summed E-state index contributed by atoms with van der Waals surface area (Å²) in [5, 5.41) is 19.8. The number of hydrogen-bond acceptors (Lipinski definition) is 4. The number of hydrogen-bond donors (Lipinski definition) is 2. The molecule has 0 radical (unpaired) electrons. The van der Waals surface area contributed by atoms with Gasteiger partial charge in [0, 0.05) is 0 Å². The Balaban J connectivity index is 1.76. The summed E-state index contributed by atoms with van der Waals surface area (Å²) in [6, 6.07) is 9.45. The monoisotopic (exact) mass is 258 g/mol. The first-order valence-corrected chi connectivity index (χ1v) is 6.14. The van der Waals surface area contributed by atoms with Crippen molar-refractivity contribution in [2.24, 2.45) is 0 Å². The summed E-state index contributed by atoms with van der Waals surface area (Å²) < 4.78 is 1.55. The predicted octanol–water partition coefficient (Wildman–Crippen LogP) is 0.522. The number of rotatable bonds is 4. The quantitative estimate of drug-likeness (QED) is 0.838. The van der Waals surface area contributed by atoms with Gasteiger partial charge in [-0.3, -0.25) is 4.79 Å². The Morgan fingerprint density at radius 1 is 1.37 bits per heavy atom. The Hall–Kier alpha value is -2.21. The summed E-state index contributed by atoms with van der Waals surface area (Å²) in [6.45, 7) is -0.0361. The number of aliphatic hydroxyl groups is 1. The lowest BCUT2D eigenvalue weighted by molar-refractivity contribution is 0.0901. The maximum atomic E-state index is 12.0. The molecule has 6 heteroatoms. The van der Waals surface area contributed by atoms with Crippen molar-refractivity contribution in [3.05, 3.63) is 42.2 Å². The summed E-state index contributed by atoms with van der Waals surface area (Å²) >= 11 is 0. The van der Waals surface area contributed by atoms with Crippen LogP contribution in [-0.2, 0) is 0 Å². The first kappa shape index (κ1) is 11.9. The average molecular weight is 258 g/mol. The maximum Gasteiger partial charge on any atom is 0.273 e. The molecule has 6 nitrogen and oxygen atoms in total. The van der Waals surface area contributed by atoms with Crippen molar-refractivity contribution in [3.8, 4) is 5.69 Å². The Labute approximate surface area is 110 Å². The van der Waals surface area contributed by atoms with E-state index in [2.05, 4.69) is 15.6 Å². The van der Waals surface area contributed by atoms with Gasteiger partial charge < -0.3 is 10.4 Å². The molecule has 1 saturated carbocycles. The van der Waals surface area contributed by atoms with Gasteiger partial charge >= 0.3 is 0 Å². The van der Waals surface area contributed by atoms with E-state index in [0.29, 0.717) is 0 Å². The smallest absolute Gasteiger partial charge is 0.273 e. The second-order valence-corrected chi connectivity index (χ2v) is 4.78. The van der Waals surface area contributed by atoms with Crippen molar-refractivity contribution in [1.82, 2.24) is 20.3 Å². The lowest BCUT2D eigenvalue weighted by atomic mass is 10.3. The van der Waals surface area contributed by atoms with Crippen molar-refractivity contribution in [2.75, 3.05) is 6.61 Å². The van der Waals surface area contributed by atoms with E-state index < -0.39 is 5.54 Å². The van der Waals surface area contributed by atoms with Crippen molar-refractivity contribution in [1.29, 1.82) is 0 Å². The van der Waals surface area contributed by atoms with Crippen LogP contribution < -0.4 is 5.32 Å². The maximum absolute atomic E-state index is 12.0. The fourth-order valence-electron chi connectivity index (χ4n) is 1.85. The van der Waals surface area contributed by atoms with Crippen LogP contribution in [0, 0.1) is 0 Å². The SMILES string of the molecule is O=C(NC1(CO)CC1)c1cn(-c2ccccc2)nn1. The molecular weight excluding hydrogens is 244 g/mol. The highest BCUT2D eigenvalue weighted by Crippen LogP contribution is 2.34. The minimum atomic E-state index is -0.437. The topological polar surface area (TPSA) is 80.0 Å². The minimum Gasteiger partial charge on any atom is -0.394 e. The molecule has 0 atom stereocenters. The lowest BCUT2D eigenvalue weighted by Gasteiger charge is -2.12. The molecule has 0 aliphatic heterocycles. The van der Waals surface area contributed by atoms with Gasteiger partial charge in [-0.1, -0.05) is 23.4 Å². The first-order chi connectivity index (χ1) is 9.22. The number of carbonyl (C=O) groups is 1. The second-order valence-electron chi connectivity index (χ2n) is 4.78. The highest BCUT2D eigenvalue weighted by atomic mass is 16.3. The fourth-order valence-corrected chi connectivity index (χ4v) is 1.85. The molecule has 0 unspecified atom stereocenters. The third kappa shape index (κ3) is 2.34. The molecule has 1 aromatic heterocycles. The van der Waals surface area contributed by atoms with Gasteiger partial charge in [0.05, 0.1) is 24.0 Å². The lowest BCUT2D eigenvalue weighted by Crippen LogP contribution is -2.39. The van der Waals surface area contributed by atoms with Gasteiger partial charge in [-0.25, -0.2) is 4.68 Å². The third-order valence-electron chi connectivity index (χ3n) is 3.28. The Morgan fingerprint density at radius 3 is 2.74 bits per heavy atom. The van der Waals surface area contributed by atoms with Crippen LogP contribution in [0.25, 0.3) is 5.69 Å². The van der Waals surface area contributed by atoms with E-state index in [0.717, 1.165) is 18.5 Å². The molecule has 1 fully saturated rings. The average Bonchev–Trinajstić information content (AvgIpc) is 3.04. The Kier molecular flexibility index (Phi) is 2.79. The van der Waals surface area contributed by atoms with Gasteiger partial charge in [-0.05, 0) is 25.0 Å². The number of nitrogens with zero attached hydrogens (tertiary/aromatic N) is 3. The van der Waals surface area contributed by atoms with E-state index in [-0.39, 0.29) is 18.2 Å². The number of benzene rings is 1. The number of aliphatic hydroxyl groups excluding tert-OH is 1. The fraction of sp³-hybridized carbons (Fsp3) is 0.308. The molecule has 3 rings (SSSR count). The van der Waals surface area contributed by atoms with Crippen molar-refractivity contribution in [2.45, 2.75) is 18.4 Å². The Morgan fingerprint density at radius 2 is 2.11 bits per heavy atom. The summed E-state index contributed by atoms with van der Waals surface area (Å²) in [6.07, 6.45) is 3.20. The number of aromatic nitrogens is 3. The number of carbonyl (C=O) groups excluding carboxylic acids is 1. The second kappa shape index (κ2) is 4.47. The van der Waals surface area contributed by atoms with E-state index in [1.165, 1.54) is 0 Å². The van der Waals surface area contributed by atoms with Crippen LogP contribution in [0.1, 0.15) is 23.3 Å². The molecule has 1 heterocycles. The third-order valence-corrected chi connectivity index (χ3v) is 3.28. The summed E-state index contributed by atoms with van der Waals surface area (Å²) in [4.78, 5) is 12.0. The molecule has 0 saturated heterocycles. The van der Waals surface area contributed by atoms with Crippen LogP contribution in [0.15, 0.2) is 36.5 Å². The standard InChI is InChI=1S/C13H14N4O2/c18-9-13(6-7-13)14-12(19)11-8-17(16-15-11)10-4-2-1-3-5-10/h1-5,8,18H,6-7,9H2,(H,14,19). The molecule has 2 N–H and O–H groups in total. The summed E-state index contributed by atoms with van der Waals surface area (Å²) in [5.74, 6) is -0.297. The summed E-state index contributed by atoms with van der Waals surface area (Å²) in [7, 11) is 0. The van der Waals surface area contributed by atoms with E-state index in [4.69, 9.17) is 0 Å². The summed E-state index contributed by atoms with van der Waals surface area (Å²) in [5.41, 5.74) is 0.661. The van der Waals surface area contributed by atoms with Crippen LogP contribution >= 0.6 is 0 Å². The van der Waals surface area contributed by atoms with E-state index in [9.17, 15) is 9.90 Å². The van der Waals surface area contributed by atoms with E-state index >= 15 is 0 Å². The number of nitrogens with one attached hydrogen (secondary N) is 1. The van der Waals surface area contributed by atoms with Gasteiger partial charge in [0.25, 0.3) is 5.91 Å². The zero-order valence-corrected chi connectivity index (χ0v) is 10.3. The number of para-hydroxylation sites is 1. The molecule has 2 aromatic rings. The van der Waals surface area contributed by atoms with Crippen LogP contribution in [0.3, 0.4) is 0 Å². The molecule has 19 heavy (non-hydrogen) atoms. The van der Waals surface area contributed by atoms with Crippen molar-refractivity contribution >= 4 is 5.91 Å². The predicted molar refractivity (Wildman–Crippen MR) is 67.9 cm³/mol. The van der Waals surface area contributed by atoms with Gasteiger partial charge in [0.1, 0.15) is 0 Å². The first-order valence-electron chi connectivity index (χ1n) is 6.14. The zero-order chi connectivity index (χ0) is 13.3. The molecule has 1 aromatic carbocycles. The zero-order valence-electron chi connectivity index (χ0n) is 10.3. The molecule has 1 aliphatic rings. The molecule has 0 spiro atoms. The van der Waals surface area contributed by atoms with E-state index in [1.54, 1.807) is 10.9 Å². The van der Waals surface area contributed by atoms with Gasteiger partial charge in [-0.15, -0.1) is 5.10 Å². The molecule has 98 valence electrons. The minimum absolute atomic E-state index is 0.0361. The molecule has 0 bridgehead atoms. The highest BCUT2D eigenvalue weighted by molar-refractivity contribution is 5.92. The van der Waals surface area contributed by atoms with Gasteiger partial charge in [0.15, 0.2) is 5.69 Å². The van der Waals surface area contributed by atoms with Crippen molar-refractivity contribution < 1.29 is 9.90 Å². The Bertz CT molecular complexity index is 590. The molecular formula is C13H14N4O2. The van der Waals surface area contributed by atoms with Crippen molar-refractivity contribution in [3.63, 3.8) is 0 Å². The normalized spacial score (nSPS) is 16.1. The van der Waals surface area contributed by atoms with Crippen LogP contribution in [-0.4, -0.2) is 38.2 Å². The molecule has 1 aliphatic carbocycles.